The summed E-state index contributed by atoms with van der Waals surface area (Å²) in [4.78, 5) is 9.68. The molecule has 2 aromatic rings. The van der Waals surface area contributed by atoms with E-state index in [9.17, 15) is 9.46 Å². The van der Waals surface area contributed by atoms with Gasteiger partial charge in [-0.05, 0) is 30.2 Å². The molecular weight excluding hydrogens is 247 g/mol. The Morgan fingerprint density at radius 1 is 1.00 bits per heavy atom. The Hall–Kier alpha value is -1.41. The molecule has 1 atom stereocenters. The monoisotopic (exact) mass is 262 g/mol. The van der Waals surface area contributed by atoms with Crippen molar-refractivity contribution >= 4 is 12.9 Å². The van der Waals surface area contributed by atoms with Crippen molar-refractivity contribution in [2.24, 2.45) is 0 Å². The molecule has 1 unspecified atom stereocenters. The van der Waals surface area contributed by atoms with Gasteiger partial charge in [-0.25, -0.2) is 0 Å². The van der Waals surface area contributed by atoms with Crippen molar-refractivity contribution in [2.45, 2.75) is 6.92 Å². The largest absolute Gasteiger partial charge is 0.358 e. The summed E-state index contributed by atoms with van der Waals surface area (Å²) in [5, 5.41) is 0.323. The van der Waals surface area contributed by atoms with Crippen LogP contribution < -0.4 is 5.30 Å². The first kappa shape index (κ1) is 13.0. The van der Waals surface area contributed by atoms with Crippen molar-refractivity contribution in [2.75, 3.05) is 6.61 Å². The van der Waals surface area contributed by atoms with E-state index in [4.69, 9.17) is 4.52 Å². The quantitative estimate of drug-likeness (QED) is 0.861. The van der Waals surface area contributed by atoms with Crippen LogP contribution in [0.1, 0.15) is 6.92 Å². The van der Waals surface area contributed by atoms with Crippen molar-refractivity contribution in [3.05, 3.63) is 54.6 Å². The van der Waals surface area contributed by atoms with Gasteiger partial charge in [-0.3, -0.25) is 4.57 Å². The first-order chi connectivity index (χ1) is 8.63. The average molecular weight is 262 g/mol. The summed E-state index contributed by atoms with van der Waals surface area (Å²) in [6, 6.07) is 16.8. The minimum Gasteiger partial charge on any atom is -0.321 e. The maximum Gasteiger partial charge on any atom is 0.358 e. The van der Waals surface area contributed by atoms with E-state index in [1.165, 1.54) is 0 Å². The highest BCUT2D eigenvalue weighted by atomic mass is 31.2. The van der Waals surface area contributed by atoms with E-state index in [2.05, 4.69) is 0 Å². The Labute approximate surface area is 107 Å². The molecule has 0 aliphatic rings. The van der Waals surface area contributed by atoms with E-state index in [0.717, 1.165) is 11.1 Å². The fraction of sp³-hybridized carbons (Fsp3) is 0.143. The highest BCUT2D eigenvalue weighted by molar-refractivity contribution is 7.61. The lowest BCUT2D eigenvalue weighted by Gasteiger charge is -2.11. The lowest BCUT2D eigenvalue weighted by Crippen LogP contribution is -2.06. The Balaban J connectivity index is 2.29. The van der Waals surface area contributed by atoms with Crippen molar-refractivity contribution in [3.8, 4) is 11.1 Å². The third-order valence-electron chi connectivity index (χ3n) is 2.60. The molecule has 0 saturated carbocycles. The zero-order valence-electron chi connectivity index (χ0n) is 10.1. The van der Waals surface area contributed by atoms with Crippen LogP contribution in [0.25, 0.3) is 11.1 Å². The lowest BCUT2D eigenvalue weighted by atomic mass is 10.1. The van der Waals surface area contributed by atoms with Crippen LogP contribution >= 0.6 is 7.60 Å². The minimum atomic E-state index is -3.66. The smallest absolute Gasteiger partial charge is 0.321 e. The number of benzene rings is 2. The van der Waals surface area contributed by atoms with E-state index >= 15 is 0 Å². The standard InChI is InChI=1S/C14H15O3P/c1-2-17-18(15,16)14-10-8-13(9-11-14)12-6-4-3-5-7-12/h3-11H,2H2,1H3,(H,15,16). The summed E-state index contributed by atoms with van der Waals surface area (Å²) in [5.41, 5.74) is 2.09. The molecule has 0 aromatic heterocycles. The van der Waals surface area contributed by atoms with Crippen LogP contribution in [0.2, 0.25) is 0 Å². The second kappa shape index (κ2) is 5.49. The third-order valence-corrected chi connectivity index (χ3v) is 4.16. The van der Waals surface area contributed by atoms with Gasteiger partial charge in [-0.1, -0.05) is 42.5 Å². The highest BCUT2D eigenvalue weighted by Crippen LogP contribution is 2.40. The van der Waals surface area contributed by atoms with Gasteiger partial charge in [0.25, 0.3) is 0 Å². The topological polar surface area (TPSA) is 46.5 Å². The van der Waals surface area contributed by atoms with Gasteiger partial charge < -0.3 is 9.42 Å². The van der Waals surface area contributed by atoms with E-state index < -0.39 is 7.60 Å². The van der Waals surface area contributed by atoms with Gasteiger partial charge in [0, 0.05) is 0 Å². The van der Waals surface area contributed by atoms with Gasteiger partial charge in [0.1, 0.15) is 0 Å². The first-order valence-corrected chi connectivity index (χ1v) is 7.34. The van der Waals surface area contributed by atoms with Crippen molar-refractivity contribution in [3.63, 3.8) is 0 Å². The summed E-state index contributed by atoms with van der Waals surface area (Å²) >= 11 is 0. The Morgan fingerprint density at radius 3 is 2.11 bits per heavy atom. The van der Waals surface area contributed by atoms with Gasteiger partial charge in [0.15, 0.2) is 0 Å². The van der Waals surface area contributed by atoms with Crippen LogP contribution in [0.15, 0.2) is 54.6 Å². The van der Waals surface area contributed by atoms with Crippen LogP contribution in [-0.4, -0.2) is 11.5 Å². The summed E-state index contributed by atoms with van der Waals surface area (Å²) < 4.78 is 16.7. The molecule has 0 spiro atoms. The minimum absolute atomic E-state index is 0.216. The molecule has 2 rings (SSSR count). The van der Waals surface area contributed by atoms with Gasteiger partial charge in [0.05, 0.1) is 11.9 Å². The molecule has 94 valence electrons. The molecule has 0 aliphatic heterocycles. The van der Waals surface area contributed by atoms with Gasteiger partial charge >= 0.3 is 7.60 Å². The van der Waals surface area contributed by atoms with Crippen LogP contribution in [0, 0.1) is 0 Å². The van der Waals surface area contributed by atoms with Crippen LogP contribution in [0.3, 0.4) is 0 Å². The third kappa shape index (κ3) is 2.88. The van der Waals surface area contributed by atoms with Crippen molar-refractivity contribution < 1.29 is 14.0 Å². The average Bonchev–Trinajstić information content (AvgIpc) is 2.40. The molecule has 0 fully saturated rings. The second-order valence-corrected chi connectivity index (χ2v) is 5.67. The molecule has 0 saturated heterocycles. The normalized spacial score (nSPS) is 14.1. The lowest BCUT2D eigenvalue weighted by molar-refractivity contribution is 0.284. The van der Waals surface area contributed by atoms with E-state index in [0.29, 0.717) is 5.30 Å². The maximum atomic E-state index is 11.8. The summed E-state index contributed by atoms with van der Waals surface area (Å²) in [5.74, 6) is 0. The first-order valence-electron chi connectivity index (χ1n) is 5.77. The molecule has 1 N–H and O–H groups in total. The number of hydrogen-bond acceptors (Lipinski definition) is 2. The van der Waals surface area contributed by atoms with Gasteiger partial charge in [-0.2, -0.15) is 0 Å². The van der Waals surface area contributed by atoms with Gasteiger partial charge in [-0.15, -0.1) is 0 Å². The van der Waals surface area contributed by atoms with Crippen LogP contribution in [0.5, 0.6) is 0 Å². The molecule has 2 aromatic carbocycles. The maximum absolute atomic E-state index is 11.8. The Bertz CT molecular complexity index is 549. The predicted molar refractivity (Wildman–Crippen MR) is 73.0 cm³/mol. The summed E-state index contributed by atoms with van der Waals surface area (Å²) in [6.45, 7) is 1.91. The predicted octanol–water partition coefficient (Wildman–Crippen LogP) is 3.20. The zero-order valence-corrected chi connectivity index (χ0v) is 11.0. The summed E-state index contributed by atoms with van der Waals surface area (Å²) in [7, 11) is -3.66. The molecule has 0 amide bonds. The molecule has 18 heavy (non-hydrogen) atoms. The molecule has 0 aliphatic carbocycles. The zero-order chi connectivity index (χ0) is 13.0. The van der Waals surface area contributed by atoms with Crippen LogP contribution in [0.4, 0.5) is 0 Å². The van der Waals surface area contributed by atoms with E-state index in [1.807, 2.05) is 42.5 Å². The molecular formula is C14H15O3P. The fourth-order valence-corrected chi connectivity index (χ4v) is 2.75. The van der Waals surface area contributed by atoms with E-state index in [-0.39, 0.29) is 6.61 Å². The Morgan fingerprint density at radius 2 is 1.56 bits per heavy atom. The van der Waals surface area contributed by atoms with E-state index in [1.54, 1.807) is 19.1 Å². The van der Waals surface area contributed by atoms with Gasteiger partial charge in [0.2, 0.25) is 0 Å². The highest BCUT2D eigenvalue weighted by Gasteiger charge is 2.21. The van der Waals surface area contributed by atoms with Crippen LogP contribution in [-0.2, 0) is 9.09 Å². The molecule has 0 bridgehead atoms. The molecule has 0 heterocycles. The molecule has 0 radical (unpaired) electrons. The molecule has 3 nitrogen and oxygen atoms in total. The Kier molecular flexibility index (Phi) is 3.97. The SMILES string of the molecule is CCOP(=O)(O)c1ccc(-c2ccccc2)cc1. The second-order valence-electron chi connectivity index (χ2n) is 3.85. The fourth-order valence-electron chi connectivity index (χ4n) is 1.72. The van der Waals surface area contributed by atoms with Crippen molar-refractivity contribution in [1.82, 2.24) is 0 Å². The van der Waals surface area contributed by atoms with Crippen molar-refractivity contribution in [1.29, 1.82) is 0 Å². The number of rotatable bonds is 4. The summed E-state index contributed by atoms with van der Waals surface area (Å²) in [6.07, 6.45) is 0. The molecule has 4 heteroatoms. The number of hydrogen-bond donors (Lipinski definition) is 1.